The first-order chi connectivity index (χ1) is 12.0. The Morgan fingerprint density at radius 1 is 1.35 bits per heavy atom. The maximum absolute atomic E-state index is 12.9. The van der Waals surface area contributed by atoms with E-state index in [4.69, 9.17) is 14.9 Å². The zero-order chi connectivity index (χ0) is 17.8. The molecule has 0 radical (unpaired) electrons. The van der Waals surface area contributed by atoms with Gasteiger partial charge in [-0.15, -0.1) is 12.4 Å². The first kappa shape index (κ1) is 20.3. The molecule has 0 bridgehead atoms. The molecule has 1 aliphatic heterocycles. The highest BCUT2D eigenvalue weighted by molar-refractivity contribution is 5.91. The number of furan rings is 1. The fourth-order valence-electron chi connectivity index (χ4n) is 3.04. The van der Waals surface area contributed by atoms with Crippen LogP contribution in [0.25, 0.3) is 0 Å². The minimum Gasteiger partial charge on any atom is -0.486 e. The Morgan fingerprint density at radius 2 is 2.08 bits per heavy atom. The van der Waals surface area contributed by atoms with E-state index in [1.165, 1.54) is 12.1 Å². The van der Waals surface area contributed by atoms with Gasteiger partial charge in [-0.25, -0.2) is 4.39 Å². The topological polar surface area (TPSA) is 68.7 Å². The van der Waals surface area contributed by atoms with E-state index in [-0.39, 0.29) is 36.8 Å². The van der Waals surface area contributed by atoms with Crippen LogP contribution in [0.1, 0.15) is 36.1 Å². The largest absolute Gasteiger partial charge is 0.486 e. The highest BCUT2D eigenvalue weighted by atomic mass is 35.5. The number of carbonyl (C=O) groups is 1. The van der Waals surface area contributed by atoms with Gasteiger partial charge in [-0.05, 0) is 62.1 Å². The van der Waals surface area contributed by atoms with Crippen molar-refractivity contribution >= 4 is 18.3 Å². The fourth-order valence-corrected chi connectivity index (χ4v) is 3.04. The van der Waals surface area contributed by atoms with Gasteiger partial charge in [0.2, 0.25) is 0 Å². The van der Waals surface area contributed by atoms with Gasteiger partial charge >= 0.3 is 0 Å². The van der Waals surface area contributed by atoms with Crippen molar-refractivity contribution < 1.29 is 18.3 Å². The van der Waals surface area contributed by atoms with Gasteiger partial charge in [0.15, 0.2) is 5.76 Å². The quantitative estimate of drug-likeness (QED) is 0.857. The predicted octanol–water partition coefficient (Wildman–Crippen LogP) is 3.62. The number of amides is 1. The molecule has 0 saturated carbocycles. The lowest BCUT2D eigenvalue weighted by Gasteiger charge is -2.34. The van der Waals surface area contributed by atoms with Crippen LogP contribution in [0.15, 0.2) is 40.8 Å². The Kier molecular flexibility index (Phi) is 7.06. The number of nitrogens with two attached hydrogens (primary N) is 1. The maximum Gasteiger partial charge on any atom is 0.289 e. The first-order valence-electron chi connectivity index (χ1n) is 8.55. The van der Waals surface area contributed by atoms with Gasteiger partial charge in [-0.3, -0.25) is 4.79 Å². The molecule has 2 N–H and O–H groups in total. The van der Waals surface area contributed by atoms with E-state index in [2.05, 4.69) is 0 Å². The van der Waals surface area contributed by atoms with E-state index in [1.807, 2.05) is 6.92 Å². The zero-order valence-corrected chi connectivity index (χ0v) is 15.5. The highest BCUT2D eigenvalue weighted by Gasteiger charge is 2.27. The summed E-state index contributed by atoms with van der Waals surface area (Å²) >= 11 is 0. The van der Waals surface area contributed by atoms with Crippen LogP contribution in [0.3, 0.4) is 0 Å². The van der Waals surface area contributed by atoms with E-state index in [0.29, 0.717) is 29.7 Å². The molecule has 7 heteroatoms. The molecular formula is C19H24ClFN2O3. The Balaban J connectivity index is 0.00000243. The molecule has 2 heterocycles. The molecule has 26 heavy (non-hydrogen) atoms. The lowest BCUT2D eigenvalue weighted by molar-refractivity contribution is 0.0625. The number of nitrogens with zero attached hydrogens (tertiary/aromatic N) is 1. The van der Waals surface area contributed by atoms with Gasteiger partial charge < -0.3 is 19.8 Å². The Hall–Kier alpha value is -2.05. The molecule has 1 aromatic heterocycles. The molecule has 2 atom stereocenters. The van der Waals surface area contributed by atoms with Crippen molar-refractivity contribution in [1.29, 1.82) is 0 Å². The summed E-state index contributed by atoms with van der Waals surface area (Å²) in [6, 6.07) is 9.23. The fraction of sp³-hybridized carbons (Fsp3) is 0.421. The van der Waals surface area contributed by atoms with Crippen LogP contribution in [-0.2, 0) is 6.61 Å². The van der Waals surface area contributed by atoms with Crippen molar-refractivity contribution in [3.05, 3.63) is 53.7 Å². The van der Waals surface area contributed by atoms with Gasteiger partial charge in [0, 0.05) is 19.1 Å². The van der Waals surface area contributed by atoms with Crippen molar-refractivity contribution in [2.75, 3.05) is 13.1 Å². The lowest BCUT2D eigenvalue weighted by Crippen LogP contribution is -2.44. The second kappa shape index (κ2) is 9.05. The molecule has 1 saturated heterocycles. The third-order valence-corrected chi connectivity index (χ3v) is 4.56. The minimum absolute atomic E-state index is 0. The van der Waals surface area contributed by atoms with Crippen LogP contribution < -0.4 is 10.5 Å². The van der Waals surface area contributed by atoms with Gasteiger partial charge in [-0.1, -0.05) is 0 Å². The van der Waals surface area contributed by atoms with Gasteiger partial charge in [0.1, 0.15) is 23.9 Å². The standard InChI is InChI=1S/C19H23FN2O3.ClH/c1-13(21)14-3-2-10-22(11-14)19(23)18-9-8-17(25-18)12-24-16-6-4-15(20)5-7-16;/h4-9,13-14H,2-3,10-12,21H2,1H3;1H. The summed E-state index contributed by atoms with van der Waals surface area (Å²) in [6.07, 6.45) is 2.01. The summed E-state index contributed by atoms with van der Waals surface area (Å²) in [5.74, 6) is 1.30. The van der Waals surface area contributed by atoms with Crippen molar-refractivity contribution in [3.8, 4) is 5.75 Å². The van der Waals surface area contributed by atoms with Crippen LogP contribution in [0.4, 0.5) is 4.39 Å². The first-order valence-corrected chi connectivity index (χ1v) is 8.55. The molecule has 5 nitrogen and oxygen atoms in total. The number of hydrogen-bond donors (Lipinski definition) is 1. The predicted molar refractivity (Wildman–Crippen MR) is 99.0 cm³/mol. The average molecular weight is 383 g/mol. The Morgan fingerprint density at radius 3 is 2.77 bits per heavy atom. The van der Waals surface area contributed by atoms with E-state index in [1.54, 1.807) is 29.2 Å². The number of carbonyl (C=O) groups excluding carboxylic acids is 1. The Labute approximate surface area is 158 Å². The third kappa shape index (κ3) is 4.99. The molecule has 1 amide bonds. The van der Waals surface area contributed by atoms with Crippen molar-refractivity contribution in [2.24, 2.45) is 11.7 Å². The van der Waals surface area contributed by atoms with Crippen LogP contribution >= 0.6 is 12.4 Å². The summed E-state index contributed by atoms with van der Waals surface area (Å²) in [4.78, 5) is 14.4. The SMILES string of the molecule is CC(N)C1CCCN(C(=O)c2ccc(COc3ccc(F)cc3)o2)C1.Cl. The van der Waals surface area contributed by atoms with Crippen molar-refractivity contribution in [2.45, 2.75) is 32.4 Å². The second-order valence-electron chi connectivity index (χ2n) is 6.52. The highest BCUT2D eigenvalue weighted by Crippen LogP contribution is 2.22. The zero-order valence-electron chi connectivity index (χ0n) is 14.7. The lowest BCUT2D eigenvalue weighted by atomic mass is 9.92. The number of halogens is 2. The number of rotatable bonds is 5. The summed E-state index contributed by atoms with van der Waals surface area (Å²) in [5, 5.41) is 0. The second-order valence-corrected chi connectivity index (χ2v) is 6.52. The molecule has 0 spiro atoms. The number of likely N-dealkylation sites (tertiary alicyclic amines) is 1. The molecule has 2 aromatic rings. The number of benzene rings is 1. The minimum atomic E-state index is -0.315. The molecule has 1 aromatic carbocycles. The van der Waals surface area contributed by atoms with Crippen molar-refractivity contribution in [1.82, 2.24) is 4.90 Å². The molecule has 142 valence electrons. The monoisotopic (exact) mass is 382 g/mol. The van der Waals surface area contributed by atoms with Crippen molar-refractivity contribution in [3.63, 3.8) is 0 Å². The van der Waals surface area contributed by atoms with E-state index >= 15 is 0 Å². The summed E-state index contributed by atoms with van der Waals surface area (Å²) in [6.45, 7) is 3.56. The smallest absolute Gasteiger partial charge is 0.289 e. The van der Waals surface area contributed by atoms with Gasteiger partial charge in [-0.2, -0.15) is 0 Å². The third-order valence-electron chi connectivity index (χ3n) is 4.56. The van der Waals surface area contributed by atoms with Crippen LogP contribution in [0, 0.1) is 11.7 Å². The van der Waals surface area contributed by atoms with Crippen LogP contribution in [-0.4, -0.2) is 29.9 Å². The number of piperidine rings is 1. The molecule has 1 fully saturated rings. The number of ether oxygens (including phenoxy) is 1. The van der Waals surface area contributed by atoms with Crippen LogP contribution in [0.5, 0.6) is 5.75 Å². The number of hydrogen-bond acceptors (Lipinski definition) is 4. The average Bonchev–Trinajstić information content (AvgIpc) is 3.09. The molecule has 2 unspecified atom stereocenters. The summed E-state index contributed by atoms with van der Waals surface area (Å²) in [5.41, 5.74) is 5.98. The summed E-state index contributed by atoms with van der Waals surface area (Å²) in [7, 11) is 0. The van der Waals surface area contributed by atoms with Crippen LogP contribution in [0.2, 0.25) is 0 Å². The molecule has 0 aliphatic carbocycles. The van der Waals surface area contributed by atoms with E-state index < -0.39 is 0 Å². The van der Waals surface area contributed by atoms with E-state index in [9.17, 15) is 9.18 Å². The van der Waals surface area contributed by atoms with Gasteiger partial charge in [0.25, 0.3) is 5.91 Å². The van der Waals surface area contributed by atoms with E-state index in [0.717, 1.165) is 19.4 Å². The summed E-state index contributed by atoms with van der Waals surface area (Å²) < 4.78 is 24.0. The molecule has 3 rings (SSSR count). The maximum atomic E-state index is 12.9. The molecule has 1 aliphatic rings. The normalized spacial score (nSPS) is 18.1. The van der Waals surface area contributed by atoms with Gasteiger partial charge in [0.05, 0.1) is 0 Å². The molecular weight excluding hydrogens is 359 g/mol. The Bertz CT molecular complexity index is 718.